The normalized spacial score (nSPS) is 10.9. The van der Waals surface area contributed by atoms with Crippen molar-refractivity contribution in [3.8, 4) is 0 Å². The van der Waals surface area contributed by atoms with Crippen molar-refractivity contribution in [2.75, 3.05) is 5.32 Å². The number of carbonyl (C=O) groups excluding carboxylic acids is 1. The number of H-pyrrole nitrogens is 1. The quantitative estimate of drug-likeness (QED) is 0.695. The molecule has 5 heteroatoms. The molecular formula is C18H18BrN3O. The van der Waals surface area contributed by atoms with Gasteiger partial charge in [-0.25, -0.2) is 4.98 Å². The molecule has 0 aliphatic rings. The minimum absolute atomic E-state index is 0.0158. The van der Waals surface area contributed by atoms with E-state index in [1.807, 2.05) is 36.4 Å². The van der Waals surface area contributed by atoms with Gasteiger partial charge in [0.05, 0.1) is 11.0 Å². The highest BCUT2D eigenvalue weighted by atomic mass is 79.9. The molecule has 0 aliphatic heterocycles. The van der Waals surface area contributed by atoms with Crippen LogP contribution in [0.2, 0.25) is 0 Å². The SMILES string of the molecule is CCc1nc2ccc(CCC(=O)Nc3cccc(Br)c3)cc2[nH]1. The summed E-state index contributed by atoms with van der Waals surface area (Å²) in [5, 5.41) is 2.91. The van der Waals surface area contributed by atoms with Gasteiger partial charge in [-0.3, -0.25) is 4.79 Å². The molecule has 0 spiro atoms. The third-order valence-corrected chi connectivity index (χ3v) is 4.17. The Morgan fingerprint density at radius 1 is 1.26 bits per heavy atom. The summed E-state index contributed by atoms with van der Waals surface area (Å²) in [6, 6.07) is 13.7. The van der Waals surface area contributed by atoms with E-state index < -0.39 is 0 Å². The third kappa shape index (κ3) is 3.99. The number of benzene rings is 2. The number of carbonyl (C=O) groups is 1. The molecule has 0 aliphatic carbocycles. The Labute approximate surface area is 143 Å². The lowest BCUT2D eigenvalue weighted by Gasteiger charge is -2.06. The van der Waals surface area contributed by atoms with E-state index in [1.165, 1.54) is 0 Å². The van der Waals surface area contributed by atoms with Crippen LogP contribution in [0.3, 0.4) is 0 Å². The zero-order valence-electron chi connectivity index (χ0n) is 12.9. The lowest BCUT2D eigenvalue weighted by molar-refractivity contribution is -0.116. The summed E-state index contributed by atoms with van der Waals surface area (Å²) in [5.74, 6) is 1.01. The molecule has 0 saturated carbocycles. The zero-order chi connectivity index (χ0) is 16.2. The molecule has 23 heavy (non-hydrogen) atoms. The lowest BCUT2D eigenvalue weighted by Crippen LogP contribution is -2.12. The van der Waals surface area contributed by atoms with Gasteiger partial charge in [0.25, 0.3) is 0 Å². The van der Waals surface area contributed by atoms with Crippen molar-refractivity contribution in [2.45, 2.75) is 26.2 Å². The van der Waals surface area contributed by atoms with Crippen LogP contribution in [-0.2, 0) is 17.6 Å². The molecule has 118 valence electrons. The molecule has 0 saturated heterocycles. The first kappa shape index (κ1) is 15.7. The maximum atomic E-state index is 12.1. The van der Waals surface area contributed by atoms with Gasteiger partial charge in [0.1, 0.15) is 5.82 Å². The van der Waals surface area contributed by atoms with Crippen molar-refractivity contribution in [3.63, 3.8) is 0 Å². The van der Waals surface area contributed by atoms with Gasteiger partial charge in [0.15, 0.2) is 0 Å². The summed E-state index contributed by atoms with van der Waals surface area (Å²) >= 11 is 3.40. The number of imidazole rings is 1. The largest absolute Gasteiger partial charge is 0.342 e. The van der Waals surface area contributed by atoms with Crippen LogP contribution >= 0.6 is 15.9 Å². The van der Waals surface area contributed by atoms with Crippen LogP contribution in [0.1, 0.15) is 24.7 Å². The van der Waals surface area contributed by atoms with Crippen LogP contribution in [0.15, 0.2) is 46.9 Å². The molecule has 0 unspecified atom stereocenters. The van der Waals surface area contributed by atoms with Gasteiger partial charge in [-0.1, -0.05) is 35.0 Å². The number of aromatic nitrogens is 2. The molecule has 3 rings (SSSR count). The van der Waals surface area contributed by atoms with Crippen LogP contribution in [0, 0.1) is 0 Å². The number of anilines is 1. The number of fused-ring (bicyclic) bond motifs is 1. The van der Waals surface area contributed by atoms with Crippen LogP contribution in [-0.4, -0.2) is 15.9 Å². The minimum atomic E-state index is 0.0158. The summed E-state index contributed by atoms with van der Waals surface area (Å²) in [5.41, 5.74) is 3.95. The van der Waals surface area contributed by atoms with E-state index in [4.69, 9.17) is 0 Å². The molecule has 1 heterocycles. The smallest absolute Gasteiger partial charge is 0.224 e. The second-order valence-corrected chi connectivity index (χ2v) is 6.36. The van der Waals surface area contributed by atoms with E-state index in [0.29, 0.717) is 12.8 Å². The third-order valence-electron chi connectivity index (χ3n) is 3.68. The predicted molar refractivity (Wildman–Crippen MR) is 96.6 cm³/mol. The van der Waals surface area contributed by atoms with Crippen molar-refractivity contribution >= 4 is 38.6 Å². The van der Waals surface area contributed by atoms with Gasteiger partial charge in [0.2, 0.25) is 5.91 Å². The molecule has 0 radical (unpaired) electrons. The van der Waals surface area contributed by atoms with Gasteiger partial charge < -0.3 is 10.3 Å². The Morgan fingerprint density at radius 2 is 2.13 bits per heavy atom. The number of halogens is 1. The Balaban J connectivity index is 1.62. The molecule has 1 amide bonds. The number of rotatable bonds is 5. The van der Waals surface area contributed by atoms with Gasteiger partial charge in [0, 0.05) is 23.0 Å². The number of aryl methyl sites for hydroxylation is 2. The van der Waals surface area contributed by atoms with Crippen molar-refractivity contribution in [3.05, 3.63) is 58.3 Å². The number of amides is 1. The monoisotopic (exact) mass is 371 g/mol. The number of nitrogens with one attached hydrogen (secondary N) is 2. The highest BCUT2D eigenvalue weighted by molar-refractivity contribution is 9.10. The Hall–Kier alpha value is -2.14. The second-order valence-electron chi connectivity index (χ2n) is 5.45. The molecule has 1 aromatic heterocycles. The fourth-order valence-corrected chi connectivity index (χ4v) is 2.88. The lowest BCUT2D eigenvalue weighted by atomic mass is 10.1. The molecule has 4 nitrogen and oxygen atoms in total. The fraction of sp³-hybridized carbons (Fsp3) is 0.222. The molecule has 3 aromatic rings. The predicted octanol–water partition coefficient (Wildman–Crippen LogP) is 4.46. The first-order valence-electron chi connectivity index (χ1n) is 7.67. The Bertz CT molecular complexity index is 841. The average Bonchev–Trinajstić information content (AvgIpc) is 2.95. The first-order chi connectivity index (χ1) is 11.1. The number of hydrogen-bond donors (Lipinski definition) is 2. The van der Waals surface area contributed by atoms with Crippen LogP contribution in [0.25, 0.3) is 11.0 Å². The molecule has 0 atom stereocenters. The molecule has 0 bridgehead atoms. The zero-order valence-corrected chi connectivity index (χ0v) is 14.5. The van der Waals surface area contributed by atoms with E-state index in [2.05, 4.69) is 44.2 Å². The molecule has 0 fully saturated rings. The second kappa shape index (κ2) is 6.96. The van der Waals surface area contributed by atoms with Crippen LogP contribution in [0.5, 0.6) is 0 Å². The summed E-state index contributed by atoms with van der Waals surface area (Å²) in [6.07, 6.45) is 2.04. The summed E-state index contributed by atoms with van der Waals surface area (Å²) in [6.45, 7) is 2.07. The first-order valence-corrected chi connectivity index (χ1v) is 8.46. The van der Waals surface area contributed by atoms with Crippen molar-refractivity contribution in [1.29, 1.82) is 0 Å². The highest BCUT2D eigenvalue weighted by Gasteiger charge is 2.06. The maximum Gasteiger partial charge on any atom is 0.224 e. The van der Waals surface area contributed by atoms with E-state index >= 15 is 0 Å². The molecule has 2 aromatic carbocycles. The van der Waals surface area contributed by atoms with E-state index in [1.54, 1.807) is 0 Å². The standard InChI is InChI=1S/C18H18BrN3O/c1-2-17-21-15-8-6-12(10-16(15)22-17)7-9-18(23)20-14-5-3-4-13(19)11-14/h3-6,8,10-11H,2,7,9H2,1H3,(H,20,23)(H,21,22). The highest BCUT2D eigenvalue weighted by Crippen LogP contribution is 2.17. The van der Waals surface area contributed by atoms with E-state index in [-0.39, 0.29) is 5.91 Å². The summed E-state index contributed by atoms with van der Waals surface area (Å²) < 4.78 is 0.951. The number of hydrogen-bond acceptors (Lipinski definition) is 2. The fourth-order valence-electron chi connectivity index (χ4n) is 2.48. The van der Waals surface area contributed by atoms with Crippen LogP contribution < -0.4 is 5.32 Å². The van der Waals surface area contributed by atoms with Gasteiger partial charge in [-0.05, 0) is 42.3 Å². The summed E-state index contributed by atoms with van der Waals surface area (Å²) in [7, 11) is 0. The van der Waals surface area contributed by atoms with Gasteiger partial charge in [-0.15, -0.1) is 0 Å². The van der Waals surface area contributed by atoms with Gasteiger partial charge >= 0.3 is 0 Å². The molecule has 2 N–H and O–H groups in total. The van der Waals surface area contributed by atoms with E-state index in [9.17, 15) is 4.79 Å². The Morgan fingerprint density at radius 3 is 2.91 bits per heavy atom. The molecular weight excluding hydrogens is 354 g/mol. The van der Waals surface area contributed by atoms with Crippen LogP contribution in [0.4, 0.5) is 5.69 Å². The minimum Gasteiger partial charge on any atom is -0.342 e. The maximum absolute atomic E-state index is 12.1. The average molecular weight is 372 g/mol. The Kier molecular flexibility index (Phi) is 4.76. The van der Waals surface area contributed by atoms with E-state index in [0.717, 1.165) is 39.0 Å². The topological polar surface area (TPSA) is 57.8 Å². The van der Waals surface area contributed by atoms with Gasteiger partial charge in [-0.2, -0.15) is 0 Å². The van der Waals surface area contributed by atoms with Crippen molar-refractivity contribution < 1.29 is 4.79 Å². The number of aromatic amines is 1. The summed E-state index contributed by atoms with van der Waals surface area (Å²) in [4.78, 5) is 19.9. The van der Waals surface area contributed by atoms with Crippen molar-refractivity contribution in [1.82, 2.24) is 9.97 Å². The number of nitrogens with zero attached hydrogens (tertiary/aromatic N) is 1. The van der Waals surface area contributed by atoms with Crippen molar-refractivity contribution in [2.24, 2.45) is 0 Å².